The summed E-state index contributed by atoms with van der Waals surface area (Å²) in [4.78, 5) is 17.7. The lowest BCUT2D eigenvalue weighted by molar-refractivity contribution is 0.0657. The molecule has 2 heterocycles. The Bertz CT molecular complexity index is 873. The summed E-state index contributed by atoms with van der Waals surface area (Å²) in [6, 6.07) is 11.5. The number of rotatable bonds is 11. The summed E-state index contributed by atoms with van der Waals surface area (Å²) >= 11 is 1.60. The minimum atomic E-state index is -0.0428. The Morgan fingerprint density at radius 2 is 2.00 bits per heavy atom. The fraction of sp³-hybridized carbons (Fsp3) is 0.409. The molecule has 154 valence electrons. The Morgan fingerprint density at radius 3 is 2.72 bits per heavy atom. The van der Waals surface area contributed by atoms with Crippen molar-refractivity contribution in [3.63, 3.8) is 0 Å². The molecule has 0 unspecified atom stereocenters. The first-order valence-corrected chi connectivity index (χ1v) is 10.8. The van der Waals surface area contributed by atoms with Crippen molar-refractivity contribution in [2.24, 2.45) is 0 Å². The number of nitrogens with one attached hydrogen (secondary N) is 1. The average molecular weight is 414 g/mol. The third-order valence-electron chi connectivity index (χ3n) is 4.36. The highest BCUT2D eigenvalue weighted by molar-refractivity contribution is 7.13. The van der Waals surface area contributed by atoms with E-state index in [1.165, 1.54) is 0 Å². The van der Waals surface area contributed by atoms with Gasteiger partial charge < -0.3 is 14.6 Å². The SMILES string of the molecule is CC(C)OCc1ccc(C(=O)NCCCCCc2nc(-c3cccs3)no2)cc1. The number of aryl methyl sites for hydroxylation is 1. The van der Waals surface area contributed by atoms with E-state index in [0.29, 0.717) is 30.4 Å². The molecule has 1 amide bonds. The maximum atomic E-state index is 12.2. The van der Waals surface area contributed by atoms with Gasteiger partial charge >= 0.3 is 0 Å². The van der Waals surface area contributed by atoms with Gasteiger partial charge in [0.1, 0.15) is 0 Å². The number of thiophene rings is 1. The van der Waals surface area contributed by atoms with Gasteiger partial charge in [0.25, 0.3) is 5.91 Å². The van der Waals surface area contributed by atoms with Crippen LogP contribution in [0.2, 0.25) is 0 Å². The molecule has 0 saturated carbocycles. The van der Waals surface area contributed by atoms with Crippen LogP contribution in [-0.4, -0.2) is 28.7 Å². The molecule has 0 spiro atoms. The number of benzene rings is 1. The topological polar surface area (TPSA) is 77.2 Å². The van der Waals surface area contributed by atoms with Gasteiger partial charge in [0, 0.05) is 18.5 Å². The van der Waals surface area contributed by atoms with Gasteiger partial charge in [-0.15, -0.1) is 11.3 Å². The van der Waals surface area contributed by atoms with Crippen LogP contribution in [0.1, 0.15) is 54.9 Å². The van der Waals surface area contributed by atoms with Crippen LogP contribution in [0, 0.1) is 0 Å². The Hall–Kier alpha value is -2.51. The van der Waals surface area contributed by atoms with E-state index in [4.69, 9.17) is 9.26 Å². The van der Waals surface area contributed by atoms with E-state index in [9.17, 15) is 4.79 Å². The minimum absolute atomic E-state index is 0.0428. The second-order valence-corrected chi connectivity index (χ2v) is 8.06. The Morgan fingerprint density at radius 1 is 1.17 bits per heavy atom. The molecule has 2 aromatic heterocycles. The van der Waals surface area contributed by atoms with Gasteiger partial charge in [-0.05, 0) is 55.8 Å². The summed E-state index contributed by atoms with van der Waals surface area (Å²) < 4.78 is 10.9. The van der Waals surface area contributed by atoms with Crippen LogP contribution in [0.5, 0.6) is 0 Å². The van der Waals surface area contributed by atoms with E-state index < -0.39 is 0 Å². The largest absolute Gasteiger partial charge is 0.374 e. The first-order valence-electron chi connectivity index (χ1n) is 9.97. The molecule has 3 rings (SSSR count). The van der Waals surface area contributed by atoms with Crippen LogP contribution in [0.15, 0.2) is 46.3 Å². The third-order valence-corrected chi connectivity index (χ3v) is 5.23. The number of ether oxygens (including phenoxy) is 1. The number of carbonyl (C=O) groups excluding carboxylic acids is 1. The number of aromatic nitrogens is 2. The van der Waals surface area contributed by atoms with Crippen molar-refractivity contribution in [2.45, 2.75) is 52.2 Å². The van der Waals surface area contributed by atoms with Crippen molar-refractivity contribution in [3.8, 4) is 10.7 Å². The quantitative estimate of drug-likeness (QED) is 0.454. The molecular formula is C22H27N3O3S. The van der Waals surface area contributed by atoms with Crippen molar-refractivity contribution in [1.29, 1.82) is 0 Å². The maximum Gasteiger partial charge on any atom is 0.251 e. The maximum absolute atomic E-state index is 12.2. The molecule has 0 atom stereocenters. The first kappa shape index (κ1) is 21.2. The fourth-order valence-electron chi connectivity index (χ4n) is 2.76. The Labute approximate surface area is 175 Å². The lowest BCUT2D eigenvalue weighted by Gasteiger charge is -2.08. The van der Waals surface area contributed by atoms with Crippen molar-refractivity contribution in [1.82, 2.24) is 15.5 Å². The van der Waals surface area contributed by atoms with Gasteiger partial charge in [0.05, 0.1) is 17.6 Å². The molecule has 0 aliphatic carbocycles. The number of amides is 1. The lowest BCUT2D eigenvalue weighted by atomic mass is 10.1. The molecule has 1 N–H and O–H groups in total. The van der Waals surface area contributed by atoms with Crippen molar-refractivity contribution in [3.05, 3.63) is 58.8 Å². The number of carbonyl (C=O) groups is 1. The van der Waals surface area contributed by atoms with Gasteiger partial charge in [-0.2, -0.15) is 4.98 Å². The zero-order valence-corrected chi connectivity index (χ0v) is 17.7. The number of hydrogen-bond donors (Lipinski definition) is 1. The predicted molar refractivity (Wildman–Crippen MR) is 114 cm³/mol. The Kier molecular flexibility index (Phi) is 7.95. The van der Waals surface area contributed by atoms with Crippen LogP contribution in [0.3, 0.4) is 0 Å². The summed E-state index contributed by atoms with van der Waals surface area (Å²) in [6.45, 7) is 5.23. The number of hydrogen-bond acceptors (Lipinski definition) is 6. The summed E-state index contributed by atoms with van der Waals surface area (Å²) in [5, 5.41) is 8.98. The van der Waals surface area contributed by atoms with Crippen molar-refractivity contribution >= 4 is 17.2 Å². The lowest BCUT2D eigenvalue weighted by Crippen LogP contribution is -2.24. The second-order valence-electron chi connectivity index (χ2n) is 7.11. The summed E-state index contributed by atoms with van der Waals surface area (Å²) in [5.74, 6) is 1.28. The zero-order valence-electron chi connectivity index (χ0n) is 16.9. The molecule has 0 fully saturated rings. The van der Waals surface area contributed by atoms with Gasteiger partial charge in [-0.3, -0.25) is 4.79 Å². The monoisotopic (exact) mass is 413 g/mol. The highest BCUT2D eigenvalue weighted by Crippen LogP contribution is 2.21. The van der Waals surface area contributed by atoms with Gasteiger partial charge in [0.15, 0.2) is 0 Å². The van der Waals surface area contributed by atoms with Gasteiger partial charge in [0.2, 0.25) is 11.7 Å². The van der Waals surface area contributed by atoms with Crippen LogP contribution in [0.4, 0.5) is 0 Å². The van der Waals surface area contributed by atoms with Crippen LogP contribution < -0.4 is 5.32 Å². The van der Waals surface area contributed by atoms with E-state index in [0.717, 1.165) is 36.1 Å². The van der Waals surface area contributed by atoms with Crippen LogP contribution >= 0.6 is 11.3 Å². The van der Waals surface area contributed by atoms with Crippen molar-refractivity contribution in [2.75, 3.05) is 6.54 Å². The van der Waals surface area contributed by atoms with E-state index in [2.05, 4.69) is 15.5 Å². The number of unbranched alkanes of at least 4 members (excludes halogenated alkanes) is 2. The molecule has 0 bridgehead atoms. The molecule has 0 aliphatic heterocycles. The fourth-order valence-corrected chi connectivity index (χ4v) is 3.41. The smallest absolute Gasteiger partial charge is 0.251 e. The highest BCUT2D eigenvalue weighted by Gasteiger charge is 2.09. The number of nitrogens with zero attached hydrogens (tertiary/aromatic N) is 2. The van der Waals surface area contributed by atoms with E-state index in [1.54, 1.807) is 11.3 Å². The molecule has 29 heavy (non-hydrogen) atoms. The van der Waals surface area contributed by atoms with E-state index >= 15 is 0 Å². The zero-order chi connectivity index (χ0) is 20.5. The minimum Gasteiger partial charge on any atom is -0.374 e. The van der Waals surface area contributed by atoms with Gasteiger partial charge in [-0.1, -0.05) is 29.8 Å². The molecule has 0 radical (unpaired) electrons. The highest BCUT2D eigenvalue weighted by atomic mass is 32.1. The molecule has 1 aromatic carbocycles. The van der Waals surface area contributed by atoms with Crippen LogP contribution in [0.25, 0.3) is 10.7 Å². The van der Waals surface area contributed by atoms with Crippen molar-refractivity contribution < 1.29 is 14.1 Å². The van der Waals surface area contributed by atoms with E-state index in [-0.39, 0.29) is 12.0 Å². The molecule has 7 heteroatoms. The average Bonchev–Trinajstić information content (AvgIpc) is 3.41. The van der Waals surface area contributed by atoms with Gasteiger partial charge in [-0.25, -0.2) is 0 Å². The predicted octanol–water partition coefficient (Wildman–Crippen LogP) is 4.87. The third kappa shape index (κ3) is 6.80. The molecule has 0 aliphatic rings. The normalized spacial score (nSPS) is 11.1. The molecule has 6 nitrogen and oxygen atoms in total. The molecular weight excluding hydrogens is 386 g/mol. The summed E-state index contributed by atoms with van der Waals surface area (Å²) in [5.41, 5.74) is 1.74. The first-order chi connectivity index (χ1) is 14.1. The Balaban J connectivity index is 1.31. The van der Waals surface area contributed by atoms with Crippen LogP contribution in [-0.2, 0) is 17.8 Å². The molecule has 3 aromatic rings. The standard InChI is InChI=1S/C22H27N3O3S/c1-16(2)27-15-17-9-11-18(12-10-17)22(26)23-13-5-3-4-8-20-24-21(25-28-20)19-7-6-14-29-19/h6-7,9-12,14,16H,3-5,8,13,15H2,1-2H3,(H,23,26). The molecule has 0 saturated heterocycles. The second kappa shape index (κ2) is 10.9. The summed E-state index contributed by atoms with van der Waals surface area (Å²) in [7, 11) is 0. The summed E-state index contributed by atoms with van der Waals surface area (Å²) in [6.07, 6.45) is 3.81. The van der Waals surface area contributed by atoms with E-state index in [1.807, 2.05) is 55.6 Å².